The maximum absolute atomic E-state index is 9.22. The Balaban J connectivity index is 2.74. The van der Waals surface area contributed by atoms with Gasteiger partial charge in [-0.3, -0.25) is 0 Å². The Hall–Kier alpha value is -0.860. The quantitative estimate of drug-likeness (QED) is 0.877. The van der Waals surface area contributed by atoms with Crippen LogP contribution in [0.15, 0.2) is 40.9 Å². The lowest BCUT2D eigenvalue weighted by Crippen LogP contribution is -1.99. The van der Waals surface area contributed by atoms with Crippen LogP contribution in [-0.2, 0) is 0 Å². The fourth-order valence-electron chi connectivity index (χ4n) is 1.83. The number of rotatable bonds is 2. The van der Waals surface area contributed by atoms with Gasteiger partial charge >= 0.3 is 0 Å². The molecule has 0 saturated heterocycles. The highest BCUT2D eigenvalue weighted by molar-refractivity contribution is 9.10. The minimum Gasteiger partial charge on any atom is -0.396 e. The number of aliphatic hydroxyl groups excluding tert-OH is 1. The largest absolute Gasteiger partial charge is 0.396 e. The molecule has 0 amide bonds. The van der Waals surface area contributed by atoms with Gasteiger partial charge in [0.2, 0.25) is 0 Å². The predicted molar refractivity (Wildman–Crippen MR) is 67.1 cm³/mol. The molecule has 0 saturated carbocycles. The minimum atomic E-state index is 0.174. The number of halogens is 1. The molecule has 0 heterocycles. The van der Waals surface area contributed by atoms with Gasteiger partial charge in [-0.1, -0.05) is 53.2 Å². The zero-order chi connectivity index (χ0) is 10.8. The third-order valence-corrected chi connectivity index (χ3v) is 3.35. The van der Waals surface area contributed by atoms with E-state index in [-0.39, 0.29) is 12.5 Å². The van der Waals surface area contributed by atoms with E-state index in [2.05, 4.69) is 34.1 Å². The lowest BCUT2D eigenvalue weighted by molar-refractivity contribution is 0.273. The molecule has 2 heteroatoms. The Kier molecular flexibility index (Phi) is 3.08. The molecule has 0 radical (unpaired) electrons. The number of benzene rings is 2. The second-order valence-corrected chi connectivity index (χ2v) is 4.62. The van der Waals surface area contributed by atoms with Crippen molar-refractivity contribution in [2.75, 3.05) is 6.61 Å². The van der Waals surface area contributed by atoms with E-state index in [0.29, 0.717) is 0 Å². The molecule has 1 unspecified atom stereocenters. The molecule has 15 heavy (non-hydrogen) atoms. The molecule has 0 fully saturated rings. The van der Waals surface area contributed by atoms with Crippen molar-refractivity contribution in [3.05, 3.63) is 46.4 Å². The summed E-state index contributed by atoms with van der Waals surface area (Å²) in [5.74, 6) is 0.174. The SMILES string of the molecule is CC(CO)c1cccc2cccc(Br)c12. The lowest BCUT2D eigenvalue weighted by atomic mass is 9.95. The third kappa shape index (κ3) is 1.92. The molecule has 2 rings (SSSR count). The third-order valence-electron chi connectivity index (χ3n) is 2.69. The summed E-state index contributed by atoms with van der Waals surface area (Å²) >= 11 is 3.56. The second-order valence-electron chi connectivity index (χ2n) is 3.77. The summed E-state index contributed by atoms with van der Waals surface area (Å²) in [4.78, 5) is 0. The van der Waals surface area contributed by atoms with Gasteiger partial charge in [0.05, 0.1) is 0 Å². The molecule has 0 aliphatic rings. The van der Waals surface area contributed by atoms with Crippen LogP contribution in [-0.4, -0.2) is 11.7 Å². The Labute approximate surface area is 97.9 Å². The predicted octanol–water partition coefficient (Wildman–Crippen LogP) is 3.70. The van der Waals surface area contributed by atoms with Crippen molar-refractivity contribution >= 4 is 26.7 Å². The fourth-order valence-corrected chi connectivity index (χ4v) is 2.44. The molecule has 2 aromatic carbocycles. The van der Waals surface area contributed by atoms with Crippen LogP contribution in [0.2, 0.25) is 0 Å². The molecule has 0 aromatic heterocycles. The Bertz CT molecular complexity index is 474. The van der Waals surface area contributed by atoms with Crippen molar-refractivity contribution in [1.29, 1.82) is 0 Å². The van der Waals surface area contributed by atoms with Crippen LogP contribution in [0.1, 0.15) is 18.4 Å². The first-order valence-corrected chi connectivity index (χ1v) is 5.81. The average molecular weight is 265 g/mol. The van der Waals surface area contributed by atoms with Gasteiger partial charge in [-0.15, -0.1) is 0 Å². The highest BCUT2D eigenvalue weighted by atomic mass is 79.9. The number of fused-ring (bicyclic) bond motifs is 1. The van der Waals surface area contributed by atoms with Gasteiger partial charge in [-0.25, -0.2) is 0 Å². The van der Waals surface area contributed by atoms with Crippen molar-refractivity contribution < 1.29 is 5.11 Å². The maximum Gasteiger partial charge on any atom is 0.0497 e. The molecule has 2 aromatic rings. The molecule has 1 nitrogen and oxygen atoms in total. The zero-order valence-corrected chi connectivity index (χ0v) is 10.2. The van der Waals surface area contributed by atoms with Crippen LogP contribution in [0.25, 0.3) is 10.8 Å². The van der Waals surface area contributed by atoms with E-state index in [9.17, 15) is 5.11 Å². The van der Waals surface area contributed by atoms with E-state index in [1.54, 1.807) is 0 Å². The number of aliphatic hydroxyl groups is 1. The number of hydrogen-bond donors (Lipinski definition) is 1. The Morgan fingerprint density at radius 2 is 1.87 bits per heavy atom. The van der Waals surface area contributed by atoms with E-state index >= 15 is 0 Å². The fraction of sp³-hybridized carbons (Fsp3) is 0.231. The summed E-state index contributed by atoms with van der Waals surface area (Å²) in [5.41, 5.74) is 1.20. The van der Waals surface area contributed by atoms with Crippen LogP contribution >= 0.6 is 15.9 Å². The molecule has 1 atom stereocenters. The van der Waals surface area contributed by atoms with Gasteiger partial charge < -0.3 is 5.11 Å². The van der Waals surface area contributed by atoms with Gasteiger partial charge in [-0.2, -0.15) is 0 Å². The highest BCUT2D eigenvalue weighted by Gasteiger charge is 2.09. The molecule has 1 N–H and O–H groups in total. The van der Waals surface area contributed by atoms with Gasteiger partial charge in [-0.05, 0) is 22.4 Å². The first-order valence-electron chi connectivity index (χ1n) is 5.02. The molecule has 0 aliphatic carbocycles. The molecule has 0 bridgehead atoms. The minimum absolute atomic E-state index is 0.174. The number of hydrogen-bond acceptors (Lipinski definition) is 1. The van der Waals surface area contributed by atoms with Crippen LogP contribution in [0.5, 0.6) is 0 Å². The highest BCUT2D eigenvalue weighted by Crippen LogP contribution is 2.31. The summed E-state index contributed by atoms with van der Waals surface area (Å²) in [6.45, 7) is 2.22. The van der Waals surface area contributed by atoms with Crippen molar-refractivity contribution in [3.8, 4) is 0 Å². The zero-order valence-electron chi connectivity index (χ0n) is 8.57. The molecule has 0 aliphatic heterocycles. The smallest absolute Gasteiger partial charge is 0.0497 e. The average Bonchev–Trinajstić information content (AvgIpc) is 2.28. The molecular weight excluding hydrogens is 252 g/mol. The summed E-state index contributed by atoms with van der Waals surface area (Å²) < 4.78 is 1.09. The Morgan fingerprint density at radius 3 is 2.53 bits per heavy atom. The van der Waals surface area contributed by atoms with E-state index in [1.165, 1.54) is 16.3 Å². The van der Waals surface area contributed by atoms with Crippen LogP contribution < -0.4 is 0 Å². The van der Waals surface area contributed by atoms with Crippen molar-refractivity contribution in [1.82, 2.24) is 0 Å². The monoisotopic (exact) mass is 264 g/mol. The van der Waals surface area contributed by atoms with Gasteiger partial charge in [0, 0.05) is 17.0 Å². The van der Waals surface area contributed by atoms with Crippen molar-refractivity contribution in [3.63, 3.8) is 0 Å². The summed E-state index contributed by atoms with van der Waals surface area (Å²) in [7, 11) is 0. The van der Waals surface area contributed by atoms with Crippen LogP contribution in [0.3, 0.4) is 0 Å². The van der Waals surface area contributed by atoms with Crippen molar-refractivity contribution in [2.24, 2.45) is 0 Å². The van der Waals surface area contributed by atoms with Crippen LogP contribution in [0.4, 0.5) is 0 Å². The van der Waals surface area contributed by atoms with Gasteiger partial charge in [0.1, 0.15) is 0 Å². The van der Waals surface area contributed by atoms with Gasteiger partial charge in [0.25, 0.3) is 0 Å². The summed E-state index contributed by atoms with van der Waals surface area (Å²) in [5, 5.41) is 11.6. The normalized spacial score (nSPS) is 13.0. The molecule has 78 valence electrons. The standard InChI is InChI=1S/C13H13BrO/c1-9(8-15)11-6-2-4-10-5-3-7-12(14)13(10)11/h2-7,9,15H,8H2,1H3. The lowest BCUT2D eigenvalue weighted by Gasteiger charge is -2.13. The van der Waals surface area contributed by atoms with E-state index in [1.807, 2.05) is 25.1 Å². The summed E-state index contributed by atoms with van der Waals surface area (Å²) in [6.07, 6.45) is 0. The van der Waals surface area contributed by atoms with Crippen LogP contribution in [0, 0.1) is 0 Å². The summed E-state index contributed by atoms with van der Waals surface area (Å²) in [6, 6.07) is 12.4. The second kappa shape index (κ2) is 4.33. The van der Waals surface area contributed by atoms with Crippen molar-refractivity contribution in [2.45, 2.75) is 12.8 Å². The van der Waals surface area contributed by atoms with E-state index in [0.717, 1.165) is 4.47 Å². The first kappa shape index (κ1) is 10.7. The van der Waals surface area contributed by atoms with E-state index < -0.39 is 0 Å². The molecule has 0 spiro atoms. The topological polar surface area (TPSA) is 20.2 Å². The maximum atomic E-state index is 9.22. The van der Waals surface area contributed by atoms with E-state index in [4.69, 9.17) is 0 Å². The van der Waals surface area contributed by atoms with Gasteiger partial charge in [0.15, 0.2) is 0 Å². The first-order chi connectivity index (χ1) is 7.24. The Morgan fingerprint density at radius 1 is 1.20 bits per heavy atom. The molecular formula is C13H13BrO.